The summed E-state index contributed by atoms with van der Waals surface area (Å²) in [4.78, 5) is 25.3. The summed E-state index contributed by atoms with van der Waals surface area (Å²) >= 11 is 0. The Hall–Kier alpha value is -3.30. The van der Waals surface area contributed by atoms with Crippen LogP contribution in [-0.4, -0.2) is 83.5 Å². The number of piperazine rings is 1. The van der Waals surface area contributed by atoms with E-state index in [4.69, 9.17) is 9.73 Å². The molecule has 0 saturated carbocycles. The summed E-state index contributed by atoms with van der Waals surface area (Å²) in [6, 6.07) is 6.91. The van der Waals surface area contributed by atoms with Crippen LogP contribution in [0.3, 0.4) is 0 Å². The highest BCUT2D eigenvalue weighted by Gasteiger charge is 2.46. The number of hydrogen-bond acceptors (Lipinski definition) is 8. The summed E-state index contributed by atoms with van der Waals surface area (Å²) < 4.78 is 19.7. The molecule has 182 valence electrons. The highest BCUT2D eigenvalue weighted by atomic mass is 19.1. The predicted molar refractivity (Wildman–Crippen MR) is 129 cm³/mol. The molecule has 0 aliphatic carbocycles. The first kappa shape index (κ1) is 22.5. The molecule has 9 nitrogen and oxygen atoms in total. The van der Waals surface area contributed by atoms with Gasteiger partial charge in [0.1, 0.15) is 29.2 Å². The fourth-order valence-electron chi connectivity index (χ4n) is 4.83. The van der Waals surface area contributed by atoms with E-state index in [9.17, 15) is 9.18 Å². The Morgan fingerprint density at radius 2 is 1.74 bits per heavy atom. The van der Waals surface area contributed by atoms with E-state index in [0.29, 0.717) is 18.8 Å². The van der Waals surface area contributed by atoms with Crippen LogP contribution >= 0.6 is 0 Å². The molecule has 1 spiro atoms. The lowest BCUT2D eigenvalue weighted by Crippen LogP contribution is -2.60. The van der Waals surface area contributed by atoms with Gasteiger partial charge in [-0.2, -0.15) is 5.10 Å². The van der Waals surface area contributed by atoms with Gasteiger partial charge in [-0.15, -0.1) is 0 Å². The van der Waals surface area contributed by atoms with Crippen LogP contribution in [0.5, 0.6) is 0 Å². The van der Waals surface area contributed by atoms with Crippen LogP contribution < -0.4 is 10.3 Å². The molecule has 2 fully saturated rings. The van der Waals surface area contributed by atoms with E-state index in [2.05, 4.69) is 25.2 Å². The number of nitrogens with zero attached hydrogens (tertiary/aromatic N) is 6. The largest absolute Gasteiger partial charge is 0.444 e. The number of halogens is 1. The third-order valence-corrected chi connectivity index (χ3v) is 6.69. The number of amidine groups is 1. The smallest absolute Gasteiger partial charge is 0.410 e. The van der Waals surface area contributed by atoms with Crippen molar-refractivity contribution < 1.29 is 13.9 Å². The van der Waals surface area contributed by atoms with Gasteiger partial charge in [-0.3, -0.25) is 10.3 Å². The number of likely N-dealkylation sites (tertiary alicyclic amines) is 1. The van der Waals surface area contributed by atoms with E-state index in [-0.39, 0.29) is 17.6 Å². The van der Waals surface area contributed by atoms with E-state index >= 15 is 0 Å². The zero-order valence-electron chi connectivity index (χ0n) is 20.0. The molecule has 0 atom stereocenters. The summed E-state index contributed by atoms with van der Waals surface area (Å²) in [5, 5.41) is 4.59. The molecule has 0 unspecified atom stereocenters. The molecule has 2 saturated heterocycles. The number of hydrazone groups is 1. The molecule has 10 heteroatoms. The summed E-state index contributed by atoms with van der Waals surface area (Å²) in [5.41, 5.74) is 3.09. The fourth-order valence-corrected chi connectivity index (χ4v) is 4.83. The van der Waals surface area contributed by atoms with Gasteiger partial charge in [-0.1, -0.05) is 12.1 Å². The van der Waals surface area contributed by atoms with Gasteiger partial charge in [0.15, 0.2) is 5.84 Å². The second-order valence-corrected chi connectivity index (χ2v) is 10.1. The van der Waals surface area contributed by atoms with Crippen molar-refractivity contribution >= 4 is 24.0 Å². The Kier molecular flexibility index (Phi) is 5.61. The lowest BCUT2D eigenvalue weighted by atomic mass is 9.96. The number of aliphatic imine (C=N–C) groups is 1. The van der Waals surface area contributed by atoms with E-state index in [1.54, 1.807) is 11.0 Å². The molecule has 0 aromatic heterocycles. The van der Waals surface area contributed by atoms with Gasteiger partial charge >= 0.3 is 6.09 Å². The summed E-state index contributed by atoms with van der Waals surface area (Å²) in [6.07, 6.45) is 5.01. The minimum absolute atomic E-state index is 0.184. The van der Waals surface area contributed by atoms with Gasteiger partial charge in [0.2, 0.25) is 0 Å². The van der Waals surface area contributed by atoms with E-state index in [1.165, 1.54) is 6.07 Å². The number of para-hydroxylation sites is 1. The van der Waals surface area contributed by atoms with Crippen LogP contribution in [0.15, 0.2) is 46.3 Å². The molecular formula is C24H32FN7O2. The van der Waals surface area contributed by atoms with Crippen molar-refractivity contribution in [2.75, 3.05) is 44.2 Å². The van der Waals surface area contributed by atoms with E-state index in [0.717, 1.165) is 50.7 Å². The summed E-state index contributed by atoms with van der Waals surface area (Å²) in [7, 11) is 0. The van der Waals surface area contributed by atoms with Crippen molar-refractivity contribution in [1.29, 1.82) is 0 Å². The maximum atomic E-state index is 14.1. The molecule has 34 heavy (non-hydrogen) atoms. The zero-order chi connectivity index (χ0) is 23.9. The number of fused-ring (bicyclic) bond motifs is 2. The van der Waals surface area contributed by atoms with Crippen molar-refractivity contribution in [3.8, 4) is 0 Å². The summed E-state index contributed by atoms with van der Waals surface area (Å²) in [5.74, 6) is 1.51. The van der Waals surface area contributed by atoms with Crippen LogP contribution in [0.1, 0.15) is 33.6 Å². The Bertz CT molecular complexity index is 1030. The number of ether oxygens (including phenoxy) is 1. The Morgan fingerprint density at radius 3 is 2.41 bits per heavy atom. The standard InChI is InChI=1S/C24H32FN7O2/c1-23(2,3)34-22(33)31-10-8-24(9-11-31)28-27-21-16-20(26-17-32(21)24)30-14-12-29(13-15-30)19-7-5-4-6-18(19)25/h4-7,16-17,28H,8-15H2,1-3H3. The van der Waals surface area contributed by atoms with Crippen molar-refractivity contribution in [3.63, 3.8) is 0 Å². The van der Waals surface area contributed by atoms with Gasteiger partial charge in [0.25, 0.3) is 0 Å². The Morgan fingerprint density at radius 1 is 1.06 bits per heavy atom. The molecule has 4 aliphatic rings. The van der Waals surface area contributed by atoms with Gasteiger partial charge in [0.05, 0.1) is 5.69 Å². The number of carbonyl (C=O) groups excluding carboxylic acids is 1. The van der Waals surface area contributed by atoms with Gasteiger partial charge in [-0.25, -0.2) is 14.2 Å². The average Bonchev–Trinajstić information content (AvgIpc) is 3.16. The van der Waals surface area contributed by atoms with Crippen molar-refractivity contribution in [2.24, 2.45) is 10.1 Å². The number of rotatable bonds is 2. The monoisotopic (exact) mass is 469 g/mol. The number of amides is 1. The number of piperidine rings is 1. The molecule has 1 aromatic carbocycles. The third-order valence-electron chi connectivity index (χ3n) is 6.69. The molecule has 0 radical (unpaired) electrons. The zero-order valence-corrected chi connectivity index (χ0v) is 20.0. The number of carbonyl (C=O) groups is 1. The van der Waals surface area contributed by atoms with Crippen molar-refractivity contribution in [2.45, 2.75) is 44.9 Å². The lowest BCUT2D eigenvalue weighted by Gasteiger charge is -2.44. The summed E-state index contributed by atoms with van der Waals surface area (Å²) in [6.45, 7) is 9.78. The Labute approximate surface area is 199 Å². The van der Waals surface area contributed by atoms with E-state index < -0.39 is 5.60 Å². The topological polar surface area (TPSA) is 76.0 Å². The first-order valence-electron chi connectivity index (χ1n) is 11.9. The van der Waals surface area contributed by atoms with Gasteiger partial charge in [-0.05, 0) is 32.9 Å². The number of hydrogen-bond donors (Lipinski definition) is 1. The molecule has 4 aliphatic heterocycles. The van der Waals surface area contributed by atoms with Crippen molar-refractivity contribution in [1.82, 2.24) is 20.1 Å². The lowest BCUT2D eigenvalue weighted by molar-refractivity contribution is 0.00942. The molecular weight excluding hydrogens is 437 g/mol. The minimum atomic E-state index is -0.504. The molecule has 1 aromatic rings. The first-order valence-corrected chi connectivity index (χ1v) is 11.9. The predicted octanol–water partition coefficient (Wildman–Crippen LogP) is 2.78. The highest BCUT2D eigenvalue weighted by Crippen LogP contribution is 2.32. The van der Waals surface area contributed by atoms with Crippen molar-refractivity contribution in [3.05, 3.63) is 42.0 Å². The van der Waals surface area contributed by atoms with Gasteiger partial charge < -0.3 is 19.4 Å². The van der Waals surface area contributed by atoms with Gasteiger partial charge in [0, 0.05) is 58.2 Å². The molecule has 1 amide bonds. The molecule has 5 rings (SSSR count). The maximum Gasteiger partial charge on any atom is 0.410 e. The van der Waals surface area contributed by atoms with E-state index in [1.807, 2.05) is 45.3 Å². The first-order chi connectivity index (χ1) is 16.2. The minimum Gasteiger partial charge on any atom is -0.444 e. The van der Waals surface area contributed by atoms with Crippen LogP contribution in [-0.2, 0) is 4.74 Å². The number of nitrogens with one attached hydrogen (secondary N) is 1. The third kappa shape index (κ3) is 4.28. The van der Waals surface area contributed by atoms with Crippen LogP contribution in [0, 0.1) is 5.82 Å². The number of anilines is 1. The van der Waals surface area contributed by atoms with Crippen LogP contribution in [0.25, 0.3) is 0 Å². The second-order valence-electron chi connectivity index (χ2n) is 10.1. The molecule has 1 N–H and O–H groups in total. The second kappa shape index (κ2) is 8.48. The fraction of sp³-hybridized carbons (Fsp3) is 0.542. The molecule has 0 bridgehead atoms. The Balaban J connectivity index is 1.18. The quantitative estimate of drug-likeness (QED) is 0.718. The normalized spacial score (nSPS) is 21.8. The highest BCUT2D eigenvalue weighted by molar-refractivity contribution is 6.04. The van der Waals surface area contributed by atoms with Crippen LogP contribution in [0.2, 0.25) is 0 Å². The molecule has 4 heterocycles. The van der Waals surface area contributed by atoms with Crippen LogP contribution in [0.4, 0.5) is 14.9 Å². The number of benzene rings is 1. The maximum absolute atomic E-state index is 14.1. The average molecular weight is 470 g/mol. The SMILES string of the molecule is CC(C)(C)OC(=O)N1CCC2(CC1)NN=C1C=C(N3CCN(c4ccccc4F)CC3)N=CN12.